The summed E-state index contributed by atoms with van der Waals surface area (Å²) in [5.74, 6) is 0.854. The van der Waals surface area contributed by atoms with Crippen LogP contribution in [0.2, 0.25) is 0 Å². The molecule has 0 aliphatic carbocycles. The fraction of sp³-hybridized carbons (Fsp3) is 0.226. The van der Waals surface area contributed by atoms with Gasteiger partial charge in [-0.05, 0) is 75.3 Å². The second-order valence-corrected chi connectivity index (χ2v) is 9.51. The van der Waals surface area contributed by atoms with Gasteiger partial charge in [0.25, 0.3) is 0 Å². The molecule has 2 aromatic heterocycles. The standard InChI is InChI=1S/C31H35N5/c1-22-11-13-27(14-12-22)30-31(36-18-16-26(21-35(5)6)19-29(36)34-30)24(3)15-17-32-25(4)33-20-28-10-8-7-9-23(28)2/h7-19H,3,20-21H2,1-2,4-6H3,(H,32,33)/b17-15-. The van der Waals surface area contributed by atoms with Crippen LogP contribution in [0.4, 0.5) is 0 Å². The van der Waals surface area contributed by atoms with Crippen molar-refractivity contribution < 1.29 is 0 Å². The van der Waals surface area contributed by atoms with Crippen molar-refractivity contribution in [3.63, 3.8) is 0 Å². The Labute approximate surface area is 214 Å². The Balaban J connectivity index is 1.60. The zero-order valence-corrected chi connectivity index (χ0v) is 21.9. The van der Waals surface area contributed by atoms with Crippen LogP contribution >= 0.6 is 0 Å². The Morgan fingerprint density at radius 2 is 1.83 bits per heavy atom. The van der Waals surface area contributed by atoms with E-state index in [-0.39, 0.29) is 0 Å². The lowest BCUT2D eigenvalue weighted by Gasteiger charge is -2.10. The molecular weight excluding hydrogens is 442 g/mol. The number of nitrogens with zero attached hydrogens (tertiary/aromatic N) is 4. The van der Waals surface area contributed by atoms with E-state index in [1.165, 1.54) is 22.3 Å². The van der Waals surface area contributed by atoms with Gasteiger partial charge in [-0.25, -0.2) is 4.98 Å². The lowest BCUT2D eigenvalue weighted by Crippen LogP contribution is -2.13. The summed E-state index contributed by atoms with van der Waals surface area (Å²) in [7, 11) is 4.15. The summed E-state index contributed by atoms with van der Waals surface area (Å²) in [5, 5.41) is 3.28. The molecule has 0 bridgehead atoms. The number of amidine groups is 1. The molecule has 0 unspecified atom stereocenters. The fourth-order valence-electron chi connectivity index (χ4n) is 4.15. The first-order chi connectivity index (χ1) is 17.3. The Hall–Kier alpha value is -3.96. The van der Waals surface area contributed by atoms with Crippen molar-refractivity contribution in [3.05, 3.63) is 114 Å². The molecule has 5 nitrogen and oxygen atoms in total. The van der Waals surface area contributed by atoms with Crippen LogP contribution in [0.3, 0.4) is 0 Å². The van der Waals surface area contributed by atoms with Crippen LogP contribution in [-0.2, 0) is 13.1 Å². The van der Waals surface area contributed by atoms with Crippen molar-refractivity contribution >= 4 is 17.1 Å². The molecule has 1 N–H and O–H groups in total. The summed E-state index contributed by atoms with van der Waals surface area (Å²) in [6, 6.07) is 21.1. The number of imidazole rings is 1. The van der Waals surface area contributed by atoms with Gasteiger partial charge in [0, 0.05) is 24.5 Å². The van der Waals surface area contributed by atoms with E-state index in [1.54, 1.807) is 0 Å². The largest absolute Gasteiger partial charge is 0.351 e. The predicted molar refractivity (Wildman–Crippen MR) is 152 cm³/mol. The molecule has 4 aromatic rings. The zero-order valence-electron chi connectivity index (χ0n) is 21.9. The minimum atomic E-state index is 0.653. The molecule has 0 saturated carbocycles. The number of aromatic nitrogens is 2. The Morgan fingerprint density at radius 1 is 1.08 bits per heavy atom. The highest BCUT2D eigenvalue weighted by atomic mass is 15.1. The number of fused-ring (bicyclic) bond motifs is 1. The summed E-state index contributed by atoms with van der Waals surface area (Å²) in [6.45, 7) is 12.1. The summed E-state index contributed by atoms with van der Waals surface area (Å²) >= 11 is 0. The van der Waals surface area contributed by atoms with Crippen molar-refractivity contribution in [2.45, 2.75) is 33.9 Å². The Bertz CT molecular complexity index is 1420. The molecule has 0 fully saturated rings. The van der Waals surface area contributed by atoms with Gasteiger partial charge in [-0.15, -0.1) is 0 Å². The van der Waals surface area contributed by atoms with Crippen molar-refractivity contribution in [2.75, 3.05) is 14.1 Å². The summed E-state index contributed by atoms with van der Waals surface area (Å²) < 4.78 is 2.13. The maximum atomic E-state index is 5.02. The molecule has 36 heavy (non-hydrogen) atoms. The molecule has 4 rings (SSSR count). The molecule has 0 atom stereocenters. The smallest absolute Gasteiger partial charge is 0.138 e. The highest BCUT2D eigenvalue weighted by Gasteiger charge is 2.16. The Kier molecular flexibility index (Phi) is 7.81. The molecule has 2 heterocycles. The van der Waals surface area contributed by atoms with Gasteiger partial charge in [0.2, 0.25) is 0 Å². The number of benzene rings is 2. The predicted octanol–water partition coefficient (Wildman–Crippen LogP) is 6.41. The lowest BCUT2D eigenvalue weighted by atomic mass is 10.0. The molecule has 184 valence electrons. The van der Waals surface area contributed by atoms with Crippen LogP contribution in [-0.4, -0.2) is 34.2 Å². The molecule has 0 amide bonds. The number of rotatable bonds is 8. The molecule has 0 spiro atoms. The number of allylic oxidation sites excluding steroid dienone is 2. The van der Waals surface area contributed by atoms with E-state index in [2.05, 4.69) is 121 Å². The van der Waals surface area contributed by atoms with Crippen LogP contribution in [0.5, 0.6) is 0 Å². The number of aryl methyl sites for hydroxylation is 2. The first-order valence-corrected chi connectivity index (χ1v) is 12.2. The van der Waals surface area contributed by atoms with Crippen LogP contribution in [0.15, 0.2) is 90.7 Å². The second-order valence-electron chi connectivity index (χ2n) is 9.51. The van der Waals surface area contributed by atoms with Crippen molar-refractivity contribution in [1.82, 2.24) is 19.6 Å². The van der Waals surface area contributed by atoms with Crippen LogP contribution in [0.1, 0.15) is 34.9 Å². The SMILES string of the molecule is C=C(/C=C\NC(C)=NCc1ccccc1C)c1c(-c2ccc(C)cc2)nc2cc(CN(C)C)ccn12. The van der Waals surface area contributed by atoms with E-state index in [1.807, 2.05) is 19.2 Å². The third-order valence-electron chi connectivity index (χ3n) is 6.14. The summed E-state index contributed by atoms with van der Waals surface area (Å²) in [4.78, 5) is 11.9. The quantitative estimate of drug-likeness (QED) is 0.181. The van der Waals surface area contributed by atoms with Gasteiger partial charge in [0.1, 0.15) is 5.65 Å². The highest BCUT2D eigenvalue weighted by molar-refractivity contribution is 5.85. The van der Waals surface area contributed by atoms with Crippen LogP contribution in [0.25, 0.3) is 22.5 Å². The minimum absolute atomic E-state index is 0.653. The van der Waals surface area contributed by atoms with Gasteiger partial charge >= 0.3 is 0 Å². The number of pyridine rings is 1. The van der Waals surface area contributed by atoms with Crippen molar-refractivity contribution in [2.24, 2.45) is 4.99 Å². The van der Waals surface area contributed by atoms with Gasteiger partial charge in [0.15, 0.2) is 0 Å². The van der Waals surface area contributed by atoms with E-state index in [4.69, 9.17) is 4.98 Å². The third-order valence-corrected chi connectivity index (χ3v) is 6.14. The molecule has 0 aliphatic rings. The monoisotopic (exact) mass is 477 g/mol. The van der Waals surface area contributed by atoms with E-state index in [0.29, 0.717) is 6.54 Å². The molecule has 0 radical (unpaired) electrons. The van der Waals surface area contributed by atoms with E-state index < -0.39 is 0 Å². The van der Waals surface area contributed by atoms with E-state index in [0.717, 1.165) is 40.6 Å². The molecule has 2 aromatic carbocycles. The molecule has 0 aliphatic heterocycles. The van der Waals surface area contributed by atoms with Gasteiger partial charge in [-0.2, -0.15) is 0 Å². The van der Waals surface area contributed by atoms with E-state index in [9.17, 15) is 0 Å². The average molecular weight is 478 g/mol. The van der Waals surface area contributed by atoms with Crippen LogP contribution < -0.4 is 5.32 Å². The van der Waals surface area contributed by atoms with Gasteiger partial charge in [-0.3, -0.25) is 9.39 Å². The maximum Gasteiger partial charge on any atom is 0.138 e. The number of hydrogen-bond donors (Lipinski definition) is 1. The molecule has 5 heteroatoms. The van der Waals surface area contributed by atoms with Crippen molar-refractivity contribution in [3.8, 4) is 11.3 Å². The number of hydrogen-bond acceptors (Lipinski definition) is 3. The fourth-order valence-corrected chi connectivity index (χ4v) is 4.15. The van der Waals surface area contributed by atoms with Crippen molar-refractivity contribution in [1.29, 1.82) is 0 Å². The highest BCUT2D eigenvalue weighted by Crippen LogP contribution is 2.30. The zero-order chi connectivity index (χ0) is 25.7. The van der Waals surface area contributed by atoms with Gasteiger partial charge in [0.05, 0.1) is 23.8 Å². The average Bonchev–Trinajstić information content (AvgIpc) is 3.22. The van der Waals surface area contributed by atoms with Gasteiger partial charge < -0.3 is 10.2 Å². The molecular formula is C31H35N5. The Morgan fingerprint density at radius 3 is 2.56 bits per heavy atom. The maximum absolute atomic E-state index is 5.02. The first kappa shape index (κ1) is 25.1. The van der Waals surface area contributed by atoms with E-state index >= 15 is 0 Å². The van der Waals surface area contributed by atoms with Gasteiger partial charge in [-0.1, -0.05) is 60.7 Å². The minimum Gasteiger partial charge on any atom is -0.351 e. The summed E-state index contributed by atoms with van der Waals surface area (Å²) in [6.07, 6.45) is 5.98. The normalized spacial score (nSPS) is 12.1. The third kappa shape index (κ3) is 5.99. The molecule has 0 saturated heterocycles. The summed E-state index contributed by atoms with van der Waals surface area (Å²) in [5.41, 5.74) is 9.71. The first-order valence-electron chi connectivity index (χ1n) is 12.2. The number of nitrogens with one attached hydrogen (secondary N) is 1. The second kappa shape index (κ2) is 11.2. The topological polar surface area (TPSA) is 44.9 Å². The van der Waals surface area contributed by atoms with Crippen LogP contribution in [0, 0.1) is 13.8 Å². The number of aliphatic imine (C=N–C) groups is 1. The lowest BCUT2D eigenvalue weighted by molar-refractivity contribution is 0.402.